The van der Waals surface area contributed by atoms with E-state index in [1.807, 2.05) is 6.92 Å². The molecule has 0 saturated heterocycles. The predicted octanol–water partition coefficient (Wildman–Crippen LogP) is 3.32. The van der Waals surface area contributed by atoms with Gasteiger partial charge in [-0.15, -0.1) is 0 Å². The molecule has 0 N–H and O–H groups in total. The lowest BCUT2D eigenvalue weighted by Crippen LogP contribution is -2.04. The van der Waals surface area contributed by atoms with Gasteiger partial charge in [0.25, 0.3) is 5.69 Å². The van der Waals surface area contributed by atoms with Crippen LogP contribution in [0.25, 0.3) is 0 Å². The van der Waals surface area contributed by atoms with Gasteiger partial charge < -0.3 is 4.74 Å². The lowest BCUT2D eigenvalue weighted by Gasteiger charge is -2.08. The number of ether oxygens (including phenoxy) is 1. The Bertz CT molecular complexity index is 381. The average molecular weight is 288 g/mol. The fourth-order valence-electron chi connectivity index (χ4n) is 1.40. The second kappa shape index (κ2) is 5.84. The van der Waals surface area contributed by atoms with Gasteiger partial charge in [0.1, 0.15) is 5.75 Å². The van der Waals surface area contributed by atoms with Crippen LogP contribution in [0.3, 0.4) is 0 Å². The molecule has 1 unspecified atom stereocenters. The molecule has 0 radical (unpaired) electrons. The quantitative estimate of drug-likeness (QED) is 0.474. The van der Waals surface area contributed by atoms with Crippen molar-refractivity contribution in [1.29, 1.82) is 0 Å². The van der Waals surface area contributed by atoms with E-state index in [0.29, 0.717) is 12.2 Å². The van der Waals surface area contributed by atoms with Gasteiger partial charge in [0, 0.05) is 10.4 Å². The van der Waals surface area contributed by atoms with Gasteiger partial charge in [0.05, 0.1) is 18.1 Å². The molecule has 1 rings (SSSR count). The van der Waals surface area contributed by atoms with Crippen molar-refractivity contribution in [2.24, 2.45) is 0 Å². The van der Waals surface area contributed by atoms with Crippen molar-refractivity contribution >= 4 is 21.6 Å². The van der Waals surface area contributed by atoms with Gasteiger partial charge in [-0.1, -0.05) is 22.9 Å². The summed E-state index contributed by atoms with van der Waals surface area (Å²) < 4.78 is 4.98. The first kappa shape index (κ1) is 13.0. The van der Waals surface area contributed by atoms with Crippen molar-refractivity contribution in [1.82, 2.24) is 0 Å². The molecule has 1 atom stereocenters. The van der Waals surface area contributed by atoms with Crippen LogP contribution >= 0.6 is 15.9 Å². The highest BCUT2D eigenvalue weighted by molar-refractivity contribution is 9.09. The summed E-state index contributed by atoms with van der Waals surface area (Å²) in [7, 11) is 1.50. The number of nitro benzene ring substituents is 1. The zero-order chi connectivity index (χ0) is 12.1. The van der Waals surface area contributed by atoms with Crippen molar-refractivity contribution in [3.05, 3.63) is 33.9 Å². The minimum Gasteiger partial charge on any atom is -0.497 e. The highest BCUT2D eigenvalue weighted by Crippen LogP contribution is 2.27. The maximum atomic E-state index is 10.9. The van der Waals surface area contributed by atoms with Gasteiger partial charge in [-0.25, -0.2) is 0 Å². The molecule has 0 spiro atoms. The molecule has 0 heterocycles. The van der Waals surface area contributed by atoms with E-state index in [1.54, 1.807) is 12.1 Å². The molecule has 0 aliphatic rings. The average Bonchev–Trinajstić information content (AvgIpc) is 2.29. The Kier molecular flexibility index (Phi) is 4.73. The minimum atomic E-state index is -0.368. The number of nitro groups is 1. The number of hydrogen-bond acceptors (Lipinski definition) is 3. The van der Waals surface area contributed by atoms with Crippen molar-refractivity contribution < 1.29 is 9.66 Å². The van der Waals surface area contributed by atoms with Gasteiger partial charge in [-0.2, -0.15) is 0 Å². The van der Waals surface area contributed by atoms with Crippen molar-refractivity contribution in [3.63, 3.8) is 0 Å². The van der Waals surface area contributed by atoms with Gasteiger partial charge in [0.15, 0.2) is 0 Å². The van der Waals surface area contributed by atoms with Crippen LogP contribution in [0, 0.1) is 10.1 Å². The Labute approximate surface area is 103 Å². The SMILES string of the molecule is CCC(Br)Cc1ccc(OC)cc1[N+](=O)[O-]. The van der Waals surface area contributed by atoms with E-state index in [2.05, 4.69) is 15.9 Å². The second-order valence-electron chi connectivity index (χ2n) is 3.46. The van der Waals surface area contributed by atoms with Gasteiger partial charge >= 0.3 is 0 Å². The number of hydrogen-bond donors (Lipinski definition) is 0. The number of alkyl halides is 1. The molecule has 0 amide bonds. The lowest BCUT2D eigenvalue weighted by molar-refractivity contribution is -0.385. The molecule has 16 heavy (non-hydrogen) atoms. The van der Waals surface area contributed by atoms with E-state index >= 15 is 0 Å². The molecule has 4 nitrogen and oxygen atoms in total. The van der Waals surface area contributed by atoms with E-state index in [0.717, 1.165) is 12.0 Å². The first-order valence-corrected chi connectivity index (χ1v) is 5.95. The molecule has 5 heteroatoms. The van der Waals surface area contributed by atoms with Crippen LogP contribution in [0.15, 0.2) is 18.2 Å². The number of rotatable bonds is 5. The molecule has 0 saturated carbocycles. The Balaban J connectivity index is 3.03. The fraction of sp³-hybridized carbons (Fsp3) is 0.455. The summed E-state index contributed by atoms with van der Waals surface area (Å²) in [6.45, 7) is 2.04. The zero-order valence-corrected chi connectivity index (χ0v) is 10.9. The molecule has 88 valence electrons. The number of methoxy groups -OCH3 is 1. The number of benzene rings is 1. The Morgan fingerprint density at radius 1 is 1.56 bits per heavy atom. The number of nitrogens with zero attached hydrogens (tertiary/aromatic N) is 1. The predicted molar refractivity (Wildman–Crippen MR) is 66.4 cm³/mol. The molecule has 1 aromatic carbocycles. The standard InChI is InChI=1S/C11H14BrNO3/c1-3-9(12)6-8-4-5-10(16-2)7-11(8)13(14)15/h4-5,7,9H,3,6H2,1-2H3. The van der Waals surface area contributed by atoms with Crippen LogP contribution < -0.4 is 4.74 Å². The van der Waals surface area contributed by atoms with Crippen molar-refractivity contribution in [2.45, 2.75) is 24.6 Å². The van der Waals surface area contributed by atoms with Crippen LogP contribution in [0.5, 0.6) is 5.75 Å². The Morgan fingerprint density at radius 3 is 2.75 bits per heavy atom. The molecule has 0 bridgehead atoms. The second-order valence-corrected chi connectivity index (χ2v) is 4.76. The third-order valence-electron chi connectivity index (χ3n) is 2.37. The Hall–Kier alpha value is -1.10. The third kappa shape index (κ3) is 3.20. The molecular weight excluding hydrogens is 274 g/mol. The summed E-state index contributed by atoms with van der Waals surface area (Å²) in [6.07, 6.45) is 1.58. The summed E-state index contributed by atoms with van der Waals surface area (Å²) in [5.41, 5.74) is 0.853. The molecule has 0 fully saturated rings. The highest BCUT2D eigenvalue weighted by atomic mass is 79.9. The lowest BCUT2D eigenvalue weighted by atomic mass is 10.1. The van der Waals surface area contributed by atoms with E-state index in [4.69, 9.17) is 4.74 Å². The molecule has 0 aromatic heterocycles. The van der Waals surface area contributed by atoms with Crippen LogP contribution in [0.1, 0.15) is 18.9 Å². The zero-order valence-electron chi connectivity index (χ0n) is 9.27. The van der Waals surface area contributed by atoms with Crippen LogP contribution in [0.4, 0.5) is 5.69 Å². The van der Waals surface area contributed by atoms with E-state index in [-0.39, 0.29) is 15.4 Å². The summed E-state index contributed by atoms with van der Waals surface area (Å²) in [5, 5.41) is 10.9. The topological polar surface area (TPSA) is 52.4 Å². The van der Waals surface area contributed by atoms with Crippen LogP contribution in [-0.4, -0.2) is 16.9 Å². The summed E-state index contributed by atoms with van der Waals surface area (Å²) >= 11 is 3.48. The minimum absolute atomic E-state index is 0.122. The largest absolute Gasteiger partial charge is 0.497 e. The van der Waals surface area contributed by atoms with E-state index in [1.165, 1.54) is 13.2 Å². The summed E-state index contributed by atoms with van der Waals surface area (Å²) in [6, 6.07) is 4.96. The fourth-order valence-corrected chi connectivity index (χ4v) is 1.74. The molecule has 0 aliphatic carbocycles. The molecular formula is C11H14BrNO3. The van der Waals surface area contributed by atoms with Crippen LogP contribution in [0.2, 0.25) is 0 Å². The number of halogens is 1. The van der Waals surface area contributed by atoms with Gasteiger partial charge in [-0.05, 0) is 25.0 Å². The summed E-state index contributed by atoms with van der Waals surface area (Å²) in [4.78, 5) is 10.8. The molecule has 1 aromatic rings. The maximum Gasteiger partial charge on any atom is 0.276 e. The summed E-state index contributed by atoms with van der Waals surface area (Å²) in [5.74, 6) is 0.512. The monoisotopic (exact) mass is 287 g/mol. The van der Waals surface area contributed by atoms with Crippen molar-refractivity contribution in [3.8, 4) is 5.75 Å². The molecule has 0 aliphatic heterocycles. The normalized spacial score (nSPS) is 12.2. The van der Waals surface area contributed by atoms with Crippen LogP contribution in [-0.2, 0) is 6.42 Å². The Morgan fingerprint density at radius 2 is 2.25 bits per heavy atom. The van der Waals surface area contributed by atoms with Gasteiger partial charge in [-0.3, -0.25) is 10.1 Å². The smallest absolute Gasteiger partial charge is 0.276 e. The van der Waals surface area contributed by atoms with Gasteiger partial charge in [0.2, 0.25) is 0 Å². The maximum absolute atomic E-state index is 10.9. The third-order valence-corrected chi connectivity index (χ3v) is 3.34. The van der Waals surface area contributed by atoms with E-state index < -0.39 is 0 Å². The van der Waals surface area contributed by atoms with Crippen molar-refractivity contribution in [2.75, 3.05) is 7.11 Å². The first-order chi connectivity index (χ1) is 7.58. The highest BCUT2D eigenvalue weighted by Gasteiger charge is 2.16. The van der Waals surface area contributed by atoms with E-state index in [9.17, 15) is 10.1 Å². The first-order valence-electron chi connectivity index (χ1n) is 5.03.